The van der Waals surface area contributed by atoms with E-state index >= 15 is 0 Å². The Labute approximate surface area is 181 Å². The minimum absolute atomic E-state index is 0.120. The molecule has 156 valence electrons. The molecule has 0 aromatic heterocycles. The van der Waals surface area contributed by atoms with Crippen LogP contribution in [-0.2, 0) is 9.59 Å². The highest BCUT2D eigenvalue weighted by molar-refractivity contribution is 9.10. The highest BCUT2D eigenvalue weighted by atomic mass is 79.9. The third kappa shape index (κ3) is 5.38. The van der Waals surface area contributed by atoms with Crippen LogP contribution < -0.4 is 25.4 Å². The Kier molecular flexibility index (Phi) is 6.73. The molecule has 4 amide bonds. The molecule has 1 aliphatic rings. The van der Waals surface area contributed by atoms with Gasteiger partial charge in [-0.25, -0.2) is 4.79 Å². The zero-order valence-electron chi connectivity index (χ0n) is 16.4. The fourth-order valence-electron chi connectivity index (χ4n) is 2.66. The number of carbonyl (C=O) groups excluding carboxylic acids is 3. The maximum atomic E-state index is 12.2. The summed E-state index contributed by atoms with van der Waals surface area (Å²) in [5.74, 6) is -0.0582. The van der Waals surface area contributed by atoms with Gasteiger partial charge in [-0.05, 0) is 49.8 Å². The van der Waals surface area contributed by atoms with Crippen molar-refractivity contribution in [3.63, 3.8) is 0 Å². The third-order valence-electron chi connectivity index (χ3n) is 4.08. The van der Waals surface area contributed by atoms with Crippen molar-refractivity contribution in [3.05, 3.63) is 57.7 Å². The van der Waals surface area contributed by atoms with Gasteiger partial charge >= 0.3 is 6.03 Å². The zero-order chi connectivity index (χ0) is 21.7. The Bertz CT molecular complexity index is 1020. The van der Waals surface area contributed by atoms with Crippen LogP contribution >= 0.6 is 15.9 Å². The lowest BCUT2D eigenvalue weighted by Crippen LogP contribution is -2.22. The highest BCUT2D eigenvalue weighted by Gasteiger charge is 2.23. The largest absolute Gasteiger partial charge is 0.490 e. The molecule has 1 saturated heterocycles. The molecule has 2 aromatic rings. The van der Waals surface area contributed by atoms with Crippen LogP contribution in [-0.4, -0.2) is 31.1 Å². The topological polar surface area (TPSA) is 106 Å². The number of nitrogens with one attached hydrogen (secondary N) is 3. The molecule has 30 heavy (non-hydrogen) atoms. The van der Waals surface area contributed by atoms with Crippen LogP contribution in [0.2, 0.25) is 0 Å². The van der Waals surface area contributed by atoms with Crippen LogP contribution in [0, 0.1) is 6.92 Å². The van der Waals surface area contributed by atoms with Gasteiger partial charge in [-0.1, -0.05) is 33.6 Å². The van der Waals surface area contributed by atoms with Gasteiger partial charge in [0.2, 0.25) is 0 Å². The number of ether oxygens (including phenoxy) is 2. The van der Waals surface area contributed by atoms with Crippen molar-refractivity contribution in [2.24, 2.45) is 0 Å². The molecule has 0 aliphatic carbocycles. The fourth-order valence-corrected chi connectivity index (χ4v) is 3.09. The number of rotatable bonds is 7. The van der Waals surface area contributed by atoms with E-state index in [4.69, 9.17) is 9.47 Å². The zero-order valence-corrected chi connectivity index (χ0v) is 18.0. The maximum absolute atomic E-state index is 12.2. The van der Waals surface area contributed by atoms with Crippen molar-refractivity contribution < 1.29 is 23.9 Å². The molecule has 0 saturated carbocycles. The third-order valence-corrected chi connectivity index (χ3v) is 4.76. The number of hydrogen-bond donors (Lipinski definition) is 3. The Morgan fingerprint density at radius 2 is 1.80 bits per heavy atom. The molecule has 3 N–H and O–H groups in total. The number of imide groups is 1. The summed E-state index contributed by atoms with van der Waals surface area (Å²) >= 11 is 3.42. The predicted octanol–water partition coefficient (Wildman–Crippen LogP) is 3.35. The van der Waals surface area contributed by atoms with Crippen LogP contribution in [0.1, 0.15) is 18.1 Å². The van der Waals surface area contributed by atoms with Gasteiger partial charge in [-0.2, -0.15) is 0 Å². The van der Waals surface area contributed by atoms with Crippen LogP contribution in [0.25, 0.3) is 6.08 Å². The Morgan fingerprint density at radius 3 is 2.43 bits per heavy atom. The van der Waals surface area contributed by atoms with Crippen molar-refractivity contribution in [2.45, 2.75) is 13.8 Å². The first-order valence-electron chi connectivity index (χ1n) is 9.15. The SMILES string of the molecule is CCOc1cc(/C=C2/NC(=O)NC2=O)c(Br)cc1OCC(=O)Nc1ccc(C)cc1. The van der Waals surface area contributed by atoms with Crippen LogP contribution in [0.15, 0.2) is 46.6 Å². The molecule has 0 bridgehead atoms. The van der Waals surface area contributed by atoms with Gasteiger partial charge in [0.05, 0.1) is 6.61 Å². The van der Waals surface area contributed by atoms with Crippen LogP contribution in [0.5, 0.6) is 11.5 Å². The molecule has 2 aromatic carbocycles. The summed E-state index contributed by atoms with van der Waals surface area (Å²) in [6, 6.07) is 10.2. The number of aryl methyl sites for hydroxylation is 1. The molecule has 8 nitrogen and oxygen atoms in total. The second-order valence-electron chi connectivity index (χ2n) is 6.42. The summed E-state index contributed by atoms with van der Waals surface area (Å²) in [5.41, 5.74) is 2.50. The number of benzene rings is 2. The molecule has 1 aliphatic heterocycles. The monoisotopic (exact) mass is 473 g/mol. The van der Waals surface area contributed by atoms with Gasteiger partial charge in [0, 0.05) is 10.2 Å². The molecular weight excluding hydrogens is 454 g/mol. The number of urea groups is 1. The van der Waals surface area contributed by atoms with Crippen LogP contribution in [0.3, 0.4) is 0 Å². The van der Waals surface area contributed by atoms with E-state index in [9.17, 15) is 14.4 Å². The highest BCUT2D eigenvalue weighted by Crippen LogP contribution is 2.35. The molecular formula is C21H20BrN3O5. The van der Waals surface area contributed by atoms with E-state index in [1.165, 1.54) is 6.08 Å². The summed E-state index contributed by atoms with van der Waals surface area (Å²) < 4.78 is 11.9. The molecule has 0 radical (unpaired) electrons. The van der Waals surface area contributed by atoms with Crippen molar-refractivity contribution in [1.29, 1.82) is 0 Å². The lowest BCUT2D eigenvalue weighted by molar-refractivity contribution is -0.118. The second kappa shape index (κ2) is 9.45. The normalized spacial score (nSPS) is 14.3. The van der Waals surface area contributed by atoms with Crippen LogP contribution in [0.4, 0.5) is 10.5 Å². The van der Waals surface area contributed by atoms with Gasteiger partial charge in [0.1, 0.15) is 5.70 Å². The van der Waals surface area contributed by atoms with Gasteiger partial charge in [0.15, 0.2) is 18.1 Å². The lowest BCUT2D eigenvalue weighted by atomic mass is 10.1. The van der Waals surface area contributed by atoms with E-state index in [2.05, 4.69) is 31.9 Å². The lowest BCUT2D eigenvalue weighted by Gasteiger charge is -2.14. The summed E-state index contributed by atoms with van der Waals surface area (Å²) in [4.78, 5) is 35.2. The van der Waals surface area contributed by atoms with Gasteiger partial charge in [-0.3, -0.25) is 14.9 Å². The van der Waals surface area contributed by atoms with Crippen molar-refractivity contribution >= 4 is 45.5 Å². The average molecular weight is 474 g/mol. The van der Waals surface area contributed by atoms with E-state index in [-0.39, 0.29) is 18.2 Å². The smallest absolute Gasteiger partial charge is 0.326 e. The standard InChI is InChI=1S/C21H20BrN3O5/c1-3-29-17-9-13(8-16-20(27)25-21(28)24-16)15(22)10-18(17)30-11-19(26)23-14-6-4-12(2)5-7-14/h4-10H,3,11H2,1-2H3,(H,23,26)(H2,24,25,27,28)/b16-8+. The van der Waals surface area contributed by atoms with E-state index in [1.54, 1.807) is 12.1 Å². The fraction of sp³-hybridized carbons (Fsp3) is 0.190. The minimum Gasteiger partial charge on any atom is -0.490 e. The molecule has 9 heteroatoms. The van der Waals surface area contributed by atoms with Crippen molar-refractivity contribution in [1.82, 2.24) is 10.6 Å². The van der Waals surface area contributed by atoms with Crippen molar-refractivity contribution in [2.75, 3.05) is 18.5 Å². The van der Waals surface area contributed by atoms with Gasteiger partial charge in [0.25, 0.3) is 11.8 Å². The van der Waals surface area contributed by atoms with Gasteiger partial charge < -0.3 is 20.1 Å². The molecule has 0 spiro atoms. The first-order valence-corrected chi connectivity index (χ1v) is 9.94. The Hall–Kier alpha value is -3.33. The van der Waals surface area contributed by atoms with Gasteiger partial charge in [-0.15, -0.1) is 0 Å². The summed E-state index contributed by atoms with van der Waals surface area (Å²) in [6.45, 7) is 3.95. The number of halogens is 1. The minimum atomic E-state index is -0.577. The maximum Gasteiger partial charge on any atom is 0.326 e. The van der Waals surface area contributed by atoms with E-state index in [0.29, 0.717) is 33.8 Å². The number of hydrogen-bond acceptors (Lipinski definition) is 5. The Balaban J connectivity index is 1.74. The van der Waals surface area contributed by atoms with E-state index < -0.39 is 11.9 Å². The predicted molar refractivity (Wildman–Crippen MR) is 115 cm³/mol. The Morgan fingerprint density at radius 1 is 1.10 bits per heavy atom. The first-order chi connectivity index (χ1) is 14.4. The number of amides is 4. The molecule has 1 fully saturated rings. The molecule has 1 heterocycles. The second-order valence-corrected chi connectivity index (χ2v) is 7.28. The van der Waals surface area contributed by atoms with Crippen molar-refractivity contribution in [3.8, 4) is 11.5 Å². The number of carbonyl (C=O) groups is 3. The molecule has 0 unspecified atom stereocenters. The van der Waals surface area contributed by atoms with E-state index in [1.807, 2.05) is 38.1 Å². The quantitative estimate of drug-likeness (QED) is 0.422. The summed E-state index contributed by atoms with van der Waals surface area (Å²) in [6.07, 6.45) is 1.51. The first kappa shape index (κ1) is 21.4. The summed E-state index contributed by atoms with van der Waals surface area (Å²) in [5, 5.41) is 7.33. The van der Waals surface area contributed by atoms with E-state index in [0.717, 1.165) is 5.56 Å². The average Bonchev–Trinajstić information content (AvgIpc) is 3.02. The molecule has 0 atom stereocenters. The molecule has 3 rings (SSSR count). The summed E-state index contributed by atoms with van der Waals surface area (Å²) in [7, 11) is 0. The number of anilines is 1.